The number of benzene rings is 1. The quantitative estimate of drug-likeness (QED) is 0.364. The number of hydrogen-bond donors (Lipinski definition) is 2. The Hall–Kier alpha value is -0.830. The van der Waals surface area contributed by atoms with Crippen LogP contribution >= 0.6 is 39.9 Å². The number of likely N-dealkylation sites (tertiary alicyclic amines) is 1. The van der Waals surface area contributed by atoms with E-state index in [1.54, 1.807) is 4.90 Å². The summed E-state index contributed by atoms with van der Waals surface area (Å²) in [6.45, 7) is 3.52. The number of piperidine rings is 1. The summed E-state index contributed by atoms with van der Waals surface area (Å²) < 4.78 is 1.11. The van der Waals surface area contributed by atoms with E-state index in [1.807, 2.05) is 14.0 Å². The molecule has 0 radical (unpaired) electrons. The van der Waals surface area contributed by atoms with Crippen LogP contribution in [0.3, 0.4) is 0 Å². The van der Waals surface area contributed by atoms with Crippen LogP contribution < -0.4 is 10.6 Å². The van der Waals surface area contributed by atoms with Crippen molar-refractivity contribution in [1.82, 2.24) is 15.5 Å². The highest BCUT2D eigenvalue weighted by Crippen LogP contribution is 2.41. The lowest BCUT2D eigenvalue weighted by Crippen LogP contribution is -2.52. The molecule has 2 aliphatic rings. The number of rotatable bonds is 4. The van der Waals surface area contributed by atoms with Crippen molar-refractivity contribution >= 4 is 51.8 Å². The number of hydrogen-bond acceptors (Lipinski definition) is 2. The third-order valence-corrected chi connectivity index (χ3v) is 5.22. The Morgan fingerprint density at radius 1 is 1.32 bits per heavy atom. The van der Waals surface area contributed by atoms with Gasteiger partial charge in [0.05, 0.1) is 0 Å². The van der Waals surface area contributed by atoms with Gasteiger partial charge in [-0.05, 0) is 37.5 Å². The maximum Gasteiger partial charge on any atom is 0.222 e. The molecule has 1 aliphatic carbocycles. The van der Waals surface area contributed by atoms with Crippen molar-refractivity contribution in [3.8, 4) is 0 Å². The Labute approximate surface area is 175 Å². The molecule has 3 atom stereocenters. The molecule has 1 aliphatic heterocycles. The van der Waals surface area contributed by atoms with Gasteiger partial charge in [0.2, 0.25) is 5.91 Å². The van der Waals surface area contributed by atoms with Gasteiger partial charge in [-0.15, -0.1) is 24.0 Å². The average Bonchev–Trinajstić information content (AvgIpc) is 3.31. The summed E-state index contributed by atoms with van der Waals surface area (Å²) in [7, 11) is 1.87. The van der Waals surface area contributed by atoms with E-state index in [2.05, 4.69) is 55.8 Å². The van der Waals surface area contributed by atoms with Crippen LogP contribution in [-0.4, -0.2) is 49.0 Å². The van der Waals surface area contributed by atoms with Crippen LogP contribution in [0.25, 0.3) is 0 Å². The van der Waals surface area contributed by atoms with E-state index in [9.17, 15) is 4.79 Å². The normalized spacial score (nSPS) is 26.0. The van der Waals surface area contributed by atoms with Crippen LogP contribution in [0.15, 0.2) is 33.7 Å². The van der Waals surface area contributed by atoms with Gasteiger partial charge < -0.3 is 15.5 Å². The molecule has 3 rings (SSSR count). The molecule has 0 spiro atoms. The van der Waals surface area contributed by atoms with Gasteiger partial charge in [0.1, 0.15) is 0 Å². The lowest BCUT2D eigenvalue weighted by molar-refractivity contribution is -0.132. The van der Waals surface area contributed by atoms with E-state index in [0.717, 1.165) is 36.4 Å². The first-order valence-electron chi connectivity index (χ1n) is 8.63. The van der Waals surface area contributed by atoms with Gasteiger partial charge in [0.15, 0.2) is 5.96 Å². The average molecular weight is 521 g/mol. The maximum absolute atomic E-state index is 11.6. The molecule has 25 heavy (non-hydrogen) atoms. The Balaban J connectivity index is 0.00000225. The first-order chi connectivity index (χ1) is 11.6. The van der Waals surface area contributed by atoms with Crippen LogP contribution in [0.1, 0.15) is 37.7 Å². The highest BCUT2D eigenvalue weighted by molar-refractivity contribution is 14.0. The number of amides is 1. The van der Waals surface area contributed by atoms with Crippen molar-refractivity contribution in [2.75, 3.05) is 20.1 Å². The van der Waals surface area contributed by atoms with Gasteiger partial charge >= 0.3 is 0 Å². The molecule has 1 aromatic carbocycles. The summed E-state index contributed by atoms with van der Waals surface area (Å²) in [4.78, 5) is 18.0. The molecule has 1 aromatic rings. The topological polar surface area (TPSA) is 56.7 Å². The fraction of sp³-hybridized carbons (Fsp3) is 0.556. The number of carbonyl (C=O) groups is 1. The molecular formula is C18H26BrIN4O. The molecule has 1 amide bonds. The molecule has 7 heteroatoms. The number of guanidine groups is 1. The minimum atomic E-state index is 0. The first kappa shape index (κ1) is 20.5. The zero-order valence-corrected chi connectivity index (χ0v) is 18.6. The van der Waals surface area contributed by atoms with Crippen molar-refractivity contribution < 1.29 is 4.79 Å². The van der Waals surface area contributed by atoms with E-state index in [4.69, 9.17) is 0 Å². The summed E-state index contributed by atoms with van der Waals surface area (Å²) in [5, 5.41) is 7.05. The van der Waals surface area contributed by atoms with Gasteiger partial charge in [-0.25, -0.2) is 0 Å². The van der Waals surface area contributed by atoms with Crippen LogP contribution in [0.2, 0.25) is 0 Å². The number of nitrogens with zero attached hydrogens (tertiary/aromatic N) is 2. The SMILES string of the molecule is CCN=C(NC1CCC(=O)N(C)C1)NC1CC1c1ccc(Br)cc1.I. The van der Waals surface area contributed by atoms with Gasteiger partial charge in [-0.1, -0.05) is 28.1 Å². The van der Waals surface area contributed by atoms with Crippen LogP contribution in [0.4, 0.5) is 0 Å². The van der Waals surface area contributed by atoms with Crippen LogP contribution in [0, 0.1) is 0 Å². The third-order valence-electron chi connectivity index (χ3n) is 4.69. The Morgan fingerprint density at radius 2 is 2.04 bits per heavy atom. The van der Waals surface area contributed by atoms with Gasteiger partial charge in [-0.3, -0.25) is 9.79 Å². The van der Waals surface area contributed by atoms with Crippen LogP contribution in [0.5, 0.6) is 0 Å². The molecule has 1 saturated heterocycles. The minimum Gasteiger partial charge on any atom is -0.353 e. The molecule has 1 saturated carbocycles. The fourth-order valence-electron chi connectivity index (χ4n) is 3.22. The zero-order valence-electron chi connectivity index (χ0n) is 14.7. The highest BCUT2D eigenvalue weighted by Gasteiger charge is 2.39. The fourth-order valence-corrected chi connectivity index (χ4v) is 3.49. The second-order valence-corrected chi connectivity index (χ2v) is 7.54. The van der Waals surface area contributed by atoms with E-state index in [-0.39, 0.29) is 35.9 Å². The molecule has 138 valence electrons. The van der Waals surface area contributed by atoms with E-state index >= 15 is 0 Å². The minimum absolute atomic E-state index is 0. The molecule has 0 aromatic heterocycles. The molecule has 3 unspecified atom stereocenters. The molecule has 2 N–H and O–H groups in total. The number of aliphatic imine (C=N–C) groups is 1. The third kappa shape index (κ3) is 5.57. The zero-order chi connectivity index (χ0) is 17.1. The summed E-state index contributed by atoms with van der Waals surface area (Å²) in [6, 6.07) is 9.27. The molecule has 5 nitrogen and oxygen atoms in total. The monoisotopic (exact) mass is 520 g/mol. The first-order valence-corrected chi connectivity index (χ1v) is 9.43. The largest absolute Gasteiger partial charge is 0.353 e. The van der Waals surface area contributed by atoms with E-state index < -0.39 is 0 Å². The van der Waals surface area contributed by atoms with Crippen molar-refractivity contribution in [3.05, 3.63) is 34.3 Å². The highest BCUT2D eigenvalue weighted by atomic mass is 127. The molecule has 0 bridgehead atoms. The number of halogens is 2. The summed E-state index contributed by atoms with van der Waals surface area (Å²) >= 11 is 3.48. The number of carbonyl (C=O) groups excluding carboxylic acids is 1. The smallest absolute Gasteiger partial charge is 0.222 e. The molecule has 2 fully saturated rings. The number of nitrogens with one attached hydrogen (secondary N) is 2. The van der Waals surface area contributed by atoms with Crippen molar-refractivity contribution in [3.63, 3.8) is 0 Å². The Bertz CT molecular complexity index is 622. The summed E-state index contributed by atoms with van der Waals surface area (Å²) in [6.07, 6.45) is 2.61. The van der Waals surface area contributed by atoms with Crippen LogP contribution in [-0.2, 0) is 4.79 Å². The van der Waals surface area contributed by atoms with Gasteiger partial charge in [0.25, 0.3) is 0 Å². The second-order valence-electron chi connectivity index (χ2n) is 6.62. The van der Waals surface area contributed by atoms with Gasteiger partial charge in [-0.2, -0.15) is 0 Å². The van der Waals surface area contributed by atoms with Crippen molar-refractivity contribution in [2.45, 2.75) is 44.2 Å². The Kier molecular flexibility index (Phi) is 7.54. The lowest BCUT2D eigenvalue weighted by atomic mass is 10.1. The second kappa shape index (κ2) is 9.21. The maximum atomic E-state index is 11.6. The van der Waals surface area contributed by atoms with E-state index in [0.29, 0.717) is 18.4 Å². The predicted molar refractivity (Wildman–Crippen MR) is 116 cm³/mol. The summed E-state index contributed by atoms with van der Waals surface area (Å²) in [5.41, 5.74) is 1.37. The standard InChI is InChI=1S/C18H25BrN4O.HI/c1-3-20-18(21-14-8-9-17(24)23(2)11-14)22-16-10-15(16)12-4-6-13(19)7-5-12;/h4-7,14-16H,3,8-11H2,1-2H3,(H2,20,21,22);1H. The number of likely N-dealkylation sites (N-methyl/N-ethyl adjacent to an activating group) is 1. The molecular weight excluding hydrogens is 495 g/mol. The molecule has 1 heterocycles. The van der Waals surface area contributed by atoms with Gasteiger partial charge in [0, 0.05) is 49.0 Å². The van der Waals surface area contributed by atoms with Crippen molar-refractivity contribution in [2.24, 2.45) is 4.99 Å². The van der Waals surface area contributed by atoms with E-state index in [1.165, 1.54) is 5.56 Å². The summed E-state index contributed by atoms with van der Waals surface area (Å²) in [5.74, 6) is 1.65. The predicted octanol–water partition coefficient (Wildman–Crippen LogP) is 3.10. The lowest BCUT2D eigenvalue weighted by Gasteiger charge is -2.31. The Morgan fingerprint density at radius 3 is 2.68 bits per heavy atom. The van der Waals surface area contributed by atoms with Crippen molar-refractivity contribution in [1.29, 1.82) is 0 Å².